The molecule has 5 rings (SSSR count). The summed E-state index contributed by atoms with van der Waals surface area (Å²) in [5.74, 6) is 0.726. The number of rotatable bonds is 6. The van der Waals surface area contributed by atoms with Crippen LogP contribution in [0.2, 0.25) is 0 Å². The third-order valence-electron chi connectivity index (χ3n) is 6.75. The van der Waals surface area contributed by atoms with E-state index in [1.807, 2.05) is 48.5 Å². The van der Waals surface area contributed by atoms with Gasteiger partial charge in [-0.05, 0) is 65.8 Å². The van der Waals surface area contributed by atoms with Crippen LogP contribution in [-0.4, -0.2) is 24.0 Å². The van der Waals surface area contributed by atoms with Crippen molar-refractivity contribution in [2.45, 2.75) is 32.4 Å². The van der Waals surface area contributed by atoms with Gasteiger partial charge in [-0.15, -0.1) is 0 Å². The van der Waals surface area contributed by atoms with Crippen LogP contribution in [0.15, 0.2) is 97.1 Å². The van der Waals surface area contributed by atoms with E-state index in [0.29, 0.717) is 17.9 Å². The van der Waals surface area contributed by atoms with E-state index < -0.39 is 0 Å². The minimum atomic E-state index is 0.0381. The molecule has 0 saturated heterocycles. The molecule has 0 aromatic heterocycles. The van der Waals surface area contributed by atoms with Crippen LogP contribution in [-0.2, 0) is 19.4 Å². The van der Waals surface area contributed by atoms with Crippen molar-refractivity contribution in [3.63, 3.8) is 0 Å². The van der Waals surface area contributed by atoms with Gasteiger partial charge in [-0.25, -0.2) is 0 Å². The first-order valence-corrected chi connectivity index (χ1v) is 11.8. The van der Waals surface area contributed by atoms with Crippen molar-refractivity contribution in [3.8, 4) is 16.9 Å². The summed E-state index contributed by atoms with van der Waals surface area (Å²) < 4.78 is 5.51. The zero-order valence-electron chi connectivity index (χ0n) is 19.7. The Morgan fingerprint density at radius 3 is 2.15 bits per heavy atom. The molecule has 4 aromatic rings. The molecule has 4 aromatic carbocycles. The molecule has 0 bridgehead atoms. The summed E-state index contributed by atoms with van der Waals surface area (Å²) in [5.41, 5.74) is 7.65. The molecule has 0 spiro atoms. The van der Waals surface area contributed by atoms with Crippen molar-refractivity contribution >= 4 is 5.91 Å². The lowest BCUT2D eigenvalue weighted by Crippen LogP contribution is -2.40. The number of aryl methyl sites for hydroxylation is 1. The Labute approximate surface area is 201 Å². The maximum absolute atomic E-state index is 14.3. The first-order chi connectivity index (χ1) is 16.6. The summed E-state index contributed by atoms with van der Waals surface area (Å²) in [6.07, 6.45) is 1.75. The van der Waals surface area contributed by atoms with Gasteiger partial charge in [0.15, 0.2) is 0 Å². The number of carbonyl (C=O) groups is 1. The van der Waals surface area contributed by atoms with Crippen LogP contribution in [0.25, 0.3) is 11.1 Å². The second kappa shape index (κ2) is 9.56. The van der Waals surface area contributed by atoms with E-state index in [-0.39, 0.29) is 11.9 Å². The molecule has 0 aliphatic heterocycles. The molecular weight excluding hydrogens is 418 g/mol. The number of fused-ring (bicyclic) bond motifs is 1. The third kappa shape index (κ3) is 4.47. The van der Waals surface area contributed by atoms with Crippen LogP contribution in [0.3, 0.4) is 0 Å². The average Bonchev–Trinajstić information content (AvgIpc) is 3.32. The molecule has 0 heterocycles. The number of methoxy groups -OCH3 is 1. The maximum Gasteiger partial charge on any atom is 0.255 e. The highest BCUT2D eigenvalue weighted by Crippen LogP contribution is 2.32. The normalized spacial score (nSPS) is 12.9. The molecule has 170 valence electrons. The number of amides is 1. The molecule has 0 fully saturated rings. The minimum absolute atomic E-state index is 0.0381. The van der Waals surface area contributed by atoms with E-state index in [0.717, 1.165) is 29.5 Å². The molecule has 34 heavy (non-hydrogen) atoms. The fourth-order valence-corrected chi connectivity index (χ4v) is 4.86. The predicted octanol–water partition coefficient (Wildman–Crippen LogP) is 6.48. The second-order valence-corrected chi connectivity index (χ2v) is 9.03. The largest absolute Gasteiger partial charge is 0.497 e. The molecule has 1 aliphatic rings. The molecule has 0 unspecified atom stereocenters. The molecule has 1 aliphatic carbocycles. The summed E-state index contributed by atoms with van der Waals surface area (Å²) in [5, 5.41) is 0. The highest BCUT2D eigenvalue weighted by atomic mass is 16.5. The first kappa shape index (κ1) is 22.0. The number of carbonyl (C=O) groups excluding carboxylic acids is 1. The van der Waals surface area contributed by atoms with Gasteiger partial charge < -0.3 is 9.64 Å². The smallest absolute Gasteiger partial charge is 0.255 e. The Morgan fingerprint density at radius 1 is 0.853 bits per heavy atom. The van der Waals surface area contributed by atoms with Crippen molar-refractivity contribution in [3.05, 3.63) is 125 Å². The fourth-order valence-electron chi connectivity index (χ4n) is 4.86. The molecule has 1 amide bonds. The van der Waals surface area contributed by atoms with Crippen LogP contribution in [0, 0.1) is 6.92 Å². The van der Waals surface area contributed by atoms with Crippen molar-refractivity contribution in [2.75, 3.05) is 7.11 Å². The van der Waals surface area contributed by atoms with Gasteiger partial charge in [0, 0.05) is 12.6 Å². The average molecular weight is 448 g/mol. The van der Waals surface area contributed by atoms with Crippen molar-refractivity contribution in [2.24, 2.45) is 0 Å². The standard InChI is InChI=1S/C31H29NO2/c1-22-12-14-23(15-13-22)21-32(27-18-25-10-6-7-11-26(25)19-27)31(33)30-20-28(34-2)16-17-29(30)24-8-4-3-5-9-24/h3-17,20,27H,18-19,21H2,1-2H3. The van der Waals surface area contributed by atoms with Crippen LogP contribution < -0.4 is 4.74 Å². The lowest BCUT2D eigenvalue weighted by atomic mass is 9.97. The SMILES string of the molecule is COc1ccc(-c2ccccc2)c(C(=O)N(Cc2ccc(C)cc2)C2Cc3ccccc3C2)c1. The Hall–Kier alpha value is -3.85. The van der Waals surface area contributed by atoms with Crippen LogP contribution >= 0.6 is 0 Å². The first-order valence-electron chi connectivity index (χ1n) is 11.8. The number of nitrogens with zero attached hydrogens (tertiary/aromatic N) is 1. The number of ether oxygens (including phenoxy) is 1. The van der Waals surface area contributed by atoms with E-state index in [9.17, 15) is 4.79 Å². The summed E-state index contributed by atoms with van der Waals surface area (Å²) in [6.45, 7) is 2.66. The van der Waals surface area contributed by atoms with Crippen molar-refractivity contribution in [1.29, 1.82) is 0 Å². The third-order valence-corrected chi connectivity index (χ3v) is 6.75. The minimum Gasteiger partial charge on any atom is -0.497 e. The summed E-state index contributed by atoms with van der Waals surface area (Å²) in [7, 11) is 1.64. The van der Waals surface area contributed by atoms with E-state index in [4.69, 9.17) is 4.74 Å². The second-order valence-electron chi connectivity index (χ2n) is 9.03. The molecule has 0 N–H and O–H groups in total. The van der Waals surface area contributed by atoms with Crippen LogP contribution in [0.4, 0.5) is 0 Å². The van der Waals surface area contributed by atoms with Gasteiger partial charge in [0.25, 0.3) is 5.91 Å². The van der Waals surface area contributed by atoms with E-state index in [1.54, 1.807) is 7.11 Å². The Morgan fingerprint density at radius 2 is 1.50 bits per heavy atom. The van der Waals surface area contributed by atoms with E-state index >= 15 is 0 Å². The lowest BCUT2D eigenvalue weighted by Gasteiger charge is -2.30. The van der Waals surface area contributed by atoms with Crippen molar-refractivity contribution in [1.82, 2.24) is 4.90 Å². The number of hydrogen-bond acceptors (Lipinski definition) is 2. The van der Waals surface area contributed by atoms with Gasteiger partial charge in [-0.3, -0.25) is 4.79 Å². The Kier molecular flexibility index (Phi) is 6.18. The monoisotopic (exact) mass is 447 g/mol. The molecule has 3 heteroatoms. The number of hydrogen-bond donors (Lipinski definition) is 0. The quantitative estimate of drug-likeness (QED) is 0.339. The van der Waals surface area contributed by atoms with Crippen LogP contribution in [0.5, 0.6) is 5.75 Å². The van der Waals surface area contributed by atoms with Gasteiger partial charge in [0.2, 0.25) is 0 Å². The number of benzene rings is 4. The molecular formula is C31H29NO2. The lowest BCUT2D eigenvalue weighted by molar-refractivity contribution is 0.0668. The van der Waals surface area contributed by atoms with Gasteiger partial charge >= 0.3 is 0 Å². The maximum atomic E-state index is 14.3. The van der Waals surface area contributed by atoms with E-state index in [1.165, 1.54) is 16.7 Å². The summed E-state index contributed by atoms with van der Waals surface area (Å²) >= 11 is 0. The summed E-state index contributed by atoms with van der Waals surface area (Å²) in [4.78, 5) is 16.3. The predicted molar refractivity (Wildman–Crippen MR) is 137 cm³/mol. The topological polar surface area (TPSA) is 29.5 Å². The highest BCUT2D eigenvalue weighted by Gasteiger charge is 2.31. The van der Waals surface area contributed by atoms with Gasteiger partial charge in [0.05, 0.1) is 12.7 Å². The molecule has 0 saturated carbocycles. The molecule has 0 radical (unpaired) electrons. The zero-order chi connectivity index (χ0) is 23.5. The molecule has 3 nitrogen and oxygen atoms in total. The fraction of sp³-hybridized carbons (Fsp3) is 0.194. The Bertz CT molecular complexity index is 1270. The van der Waals surface area contributed by atoms with Crippen molar-refractivity contribution < 1.29 is 9.53 Å². The summed E-state index contributed by atoms with van der Waals surface area (Å²) in [6, 6.07) is 33.0. The molecule has 0 atom stereocenters. The Balaban J connectivity index is 1.56. The van der Waals surface area contributed by atoms with E-state index in [2.05, 4.69) is 60.4 Å². The highest BCUT2D eigenvalue weighted by molar-refractivity contribution is 6.01. The van der Waals surface area contributed by atoms with Gasteiger partial charge in [-0.2, -0.15) is 0 Å². The van der Waals surface area contributed by atoms with Crippen LogP contribution in [0.1, 0.15) is 32.6 Å². The van der Waals surface area contributed by atoms with Gasteiger partial charge in [0.1, 0.15) is 5.75 Å². The zero-order valence-corrected chi connectivity index (χ0v) is 19.7. The van der Waals surface area contributed by atoms with Gasteiger partial charge in [-0.1, -0.05) is 84.4 Å².